The average Bonchev–Trinajstić information content (AvgIpc) is 3.80. The van der Waals surface area contributed by atoms with E-state index in [1.165, 1.54) is 61.9 Å². The summed E-state index contributed by atoms with van der Waals surface area (Å²) in [6.07, 6.45) is 54.7. The first-order valence-corrected chi connectivity index (χ1v) is 20.2. The van der Waals surface area contributed by atoms with Gasteiger partial charge in [-0.25, -0.2) is 0 Å². The van der Waals surface area contributed by atoms with E-state index in [2.05, 4.69) is 151 Å². The molecule has 3 heteroatoms. The highest BCUT2D eigenvalue weighted by Crippen LogP contribution is 2.48. The molecule has 0 radical (unpaired) electrons. The molecular weight excluding hydrogens is 647 g/mol. The van der Waals surface area contributed by atoms with Crippen molar-refractivity contribution in [3.8, 4) is 0 Å². The summed E-state index contributed by atoms with van der Waals surface area (Å²) in [6, 6.07) is 9.22. The second-order valence-corrected chi connectivity index (χ2v) is 16.2. The van der Waals surface area contributed by atoms with E-state index >= 15 is 0 Å². The number of hydrogen-bond acceptors (Lipinski definition) is 3. The van der Waals surface area contributed by atoms with Crippen molar-refractivity contribution in [2.24, 2.45) is 29.6 Å². The van der Waals surface area contributed by atoms with Gasteiger partial charge < -0.3 is 14.4 Å². The molecule has 1 saturated heterocycles. The molecule has 0 amide bonds. The summed E-state index contributed by atoms with van der Waals surface area (Å²) >= 11 is 0. The maximum Gasteiger partial charge on any atom is 0.127 e. The Balaban J connectivity index is 0.939. The summed E-state index contributed by atoms with van der Waals surface area (Å²) in [5, 5.41) is 2.77. The minimum absolute atomic E-state index is 0.00558. The van der Waals surface area contributed by atoms with Crippen LogP contribution in [0.15, 0.2) is 180 Å². The number of nitrogens with zero attached hydrogens (tertiary/aromatic N) is 1. The largest absolute Gasteiger partial charge is 0.485 e. The third-order valence-corrected chi connectivity index (χ3v) is 13.4. The van der Waals surface area contributed by atoms with E-state index in [9.17, 15) is 0 Å². The Hall–Kier alpha value is -4.86. The van der Waals surface area contributed by atoms with Crippen LogP contribution in [-0.4, -0.2) is 29.3 Å². The molecule has 10 aliphatic rings. The van der Waals surface area contributed by atoms with Gasteiger partial charge in [0, 0.05) is 40.3 Å². The quantitative estimate of drug-likeness (QED) is 0.307. The topological polar surface area (TPSA) is 21.7 Å². The van der Waals surface area contributed by atoms with Crippen LogP contribution in [0.5, 0.6) is 0 Å². The minimum atomic E-state index is 0.00558. The normalized spacial score (nSPS) is 35.4. The van der Waals surface area contributed by atoms with Crippen LogP contribution in [0.25, 0.3) is 11.3 Å². The summed E-state index contributed by atoms with van der Waals surface area (Å²) < 4.78 is 13.7. The summed E-state index contributed by atoms with van der Waals surface area (Å²) in [7, 11) is 0. The van der Waals surface area contributed by atoms with E-state index in [0.29, 0.717) is 29.6 Å². The molecule has 0 saturated carbocycles. The zero-order valence-corrected chi connectivity index (χ0v) is 30.3. The number of rotatable bonds is 5. The van der Waals surface area contributed by atoms with Crippen LogP contribution < -0.4 is 10.4 Å². The first-order chi connectivity index (χ1) is 26.3. The van der Waals surface area contributed by atoms with Gasteiger partial charge in [0.1, 0.15) is 18.0 Å². The Bertz CT molecular complexity index is 2290. The summed E-state index contributed by atoms with van der Waals surface area (Å²) in [6.45, 7) is 0. The van der Waals surface area contributed by atoms with Crippen molar-refractivity contribution in [3.05, 3.63) is 190 Å². The zero-order valence-electron chi connectivity index (χ0n) is 30.3. The molecule has 0 bridgehead atoms. The zero-order chi connectivity index (χ0) is 34.9. The van der Waals surface area contributed by atoms with Crippen molar-refractivity contribution in [3.63, 3.8) is 0 Å². The van der Waals surface area contributed by atoms with Crippen LogP contribution in [-0.2, 0) is 9.47 Å². The molecule has 1 aromatic rings. The third-order valence-electron chi connectivity index (χ3n) is 13.4. The fourth-order valence-corrected chi connectivity index (χ4v) is 10.8. The molecule has 9 unspecified atom stereocenters. The molecule has 0 aromatic heterocycles. The smallest absolute Gasteiger partial charge is 0.127 e. The number of fused-ring (bicyclic) bond motifs is 7. The minimum Gasteiger partial charge on any atom is -0.485 e. The lowest BCUT2D eigenvalue weighted by molar-refractivity contribution is 0.0434. The highest BCUT2D eigenvalue weighted by Gasteiger charge is 2.46. The molecule has 2 heterocycles. The van der Waals surface area contributed by atoms with Crippen molar-refractivity contribution in [2.75, 3.05) is 0 Å². The molecule has 0 N–H and O–H groups in total. The van der Waals surface area contributed by atoms with Gasteiger partial charge in [0.25, 0.3) is 0 Å². The summed E-state index contributed by atoms with van der Waals surface area (Å²) in [4.78, 5) is 2.69. The van der Waals surface area contributed by atoms with Crippen LogP contribution in [0.3, 0.4) is 0 Å². The second kappa shape index (κ2) is 12.9. The van der Waals surface area contributed by atoms with Crippen molar-refractivity contribution in [1.29, 1.82) is 0 Å². The van der Waals surface area contributed by atoms with Gasteiger partial charge in [-0.1, -0.05) is 134 Å². The fourth-order valence-electron chi connectivity index (χ4n) is 10.8. The van der Waals surface area contributed by atoms with Crippen molar-refractivity contribution in [1.82, 2.24) is 4.90 Å². The van der Waals surface area contributed by atoms with Crippen LogP contribution >= 0.6 is 0 Å². The lowest BCUT2D eigenvalue weighted by Crippen LogP contribution is -2.48. The Morgan fingerprint density at radius 2 is 1.64 bits per heavy atom. The molecule has 1 aromatic carbocycles. The number of ether oxygens (including phenoxy) is 2. The van der Waals surface area contributed by atoms with Gasteiger partial charge in [0.05, 0.1) is 12.1 Å². The van der Waals surface area contributed by atoms with Gasteiger partial charge >= 0.3 is 0 Å². The van der Waals surface area contributed by atoms with E-state index in [1.54, 1.807) is 0 Å². The standard InChI is InChI=1S/C50H47NO2/c1-2-12-33(13-3-1)38-19-10-20-43-44-30-34(26-29-48(44)52-49(38)43)32-24-27-36(28-25-32)51(45-22-11-21-42-41-18-8-9-23-47(41)53-50(42)45)46-31-35-14-4-5-15-37(35)39-16-6-7-17-40(39)46/h1-3,5-9,11-12,15-19,21-24,26-30,32-33,35,41,44-45,47-48,50H,4,10,13-14,20,25,31H2. The number of hydrogen-bond donors (Lipinski definition) is 0. The van der Waals surface area contributed by atoms with Crippen LogP contribution in [0.1, 0.15) is 44.9 Å². The first-order valence-electron chi connectivity index (χ1n) is 20.2. The molecule has 1 fully saturated rings. The van der Waals surface area contributed by atoms with Gasteiger partial charge in [-0.2, -0.15) is 0 Å². The highest BCUT2D eigenvalue weighted by atomic mass is 16.5. The molecule has 2 aliphatic heterocycles. The Labute approximate surface area is 313 Å². The van der Waals surface area contributed by atoms with E-state index in [4.69, 9.17) is 9.47 Å². The molecule has 9 atom stereocenters. The lowest BCUT2D eigenvalue weighted by atomic mass is 9.78. The summed E-state index contributed by atoms with van der Waals surface area (Å²) in [5.41, 5.74) is 9.98. The average molecular weight is 694 g/mol. The number of benzene rings is 1. The molecule has 8 aliphatic carbocycles. The Morgan fingerprint density at radius 3 is 2.55 bits per heavy atom. The van der Waals surface area contributed by atoms with Crippen molar-refractivity contribution >= 4 is 11.3 Å². The SMILES string of the molecule is C1=CCC(C2=CCCC3=C2OC2C=CC(C4C=CC(N(C5=c6ccccc6=C6C=CCCC6C5)C5C=CC=C6C7C=CC=CC7OC65)=CC4)=CC32)C=C1. The number of allylic oxidation sites excluding steroid dienone is 17. The monoisotopic (exact) mass is 693 g/mol. The Morgan fingerprint density at radius 1 is 0.717 bits per heavy atom. The van der Waals surface area contributed by atoms with E-state index in [-0.39, 0.29) is 24.4 Å². The van der Waals surface area contributed by atoms with E-state index < -0.39 is 0 Å². The fraction of sp³-hybridized carbons (Fsp3) is 0.320. The lowest BCUT2D eigenvalue weighted by Gasteiger charge is -2.42. The van der Waals surface area contributed by atoms with E-state index in [0.717, 1.165) is 38.5 Å². The maximum absolute atomic E-state index is 6.96. The highest BCUT2D eigenvalue weighted by molar-refractivity contribution is 5.68. The molecule has 3 nitrogen and oxygen atoms in total. The van der Waals surface area contributed by atoms with Crippen LogP contribution in [0, 0.1) is 29.6 Å². The molecule has 0 spiro atoms. The van der Waals surface area contributed by atoms with Crippen molar-refractivity contribution in [2.45, 2.75) is 69.3 Å². The predicted octanol–water partition coefficient (Wildman–Crippen LogP) is 9.07. The molecular formula is C50H47NO2. The first kappa shape index (κ1) is 31.6. The van der Waals surface area contributed by atoms with Crippen molar-refractivity contribution < 1.29 is 9.47 Å². The summed E-state index contributed by atoms with van der Waals surface area (Å²) in [5.74, 6) is 3.13. The Kier molecular flexibility index (Phi) is 7.71. The molecule has 53 heavy (non-hydrogen) atoms. The van der Waals surface area contributed by atoms with Crippen LogP contribution in [0.4, 0.5) is 0 Å². The van der Waals surface area contributed by atoms with Gasteiger partial charge in [0.2, 0.25) is 0 Å². The molecule has 264 valence electrons. The maximum atomic E-state index is 6.96. The van der Waals surface area contributed by atoms with Crippen LogP contribution in [0.2, 0.25) is 0 Å². The predicted molar refractivity (Wildman–Crippen MR) is 214 cm³/mol. The van der Waals surface area contributed by atoms with Gasteiger partial charge in [0.15, 0.2) is 0 Å². The molecule has 11 rings (SSSR count). The third kappa shape index (κ3) is 5.26. The van der Waals surface area contributed by atoms with Gasteiger partial charge in [-0.15, -0.1) is 0 Å². The van der Waals surface area contributed by atoms with Gasteiger partial charge in [-0.3, -0.25) is 0 Å². The van der Waals surface area contributed by atoms with E-state index in [1.807, 2.05) is 0 Å². The second-order valence-electron chi connectivity index (χ2n) is 16.2. The van der Waals surface area contributed by atoms with Gasteiger partial charge in [-0.05, 0) is 96.1 Å².